The Kier molecular flexibility index (Phi) is 5.95. The number of hydrogen-bond acceptors (Lipinski definition) is 4. The molecule has 8 heteroatoms. The Bertz CT molecular complexity index is 381. The van der Waals surface area contributed by atoms with Gasteiger partial charge >= 0.3 is 5.97 Å². The van der Waals surface area contributed by atoms with Gasteiger partial charge in [-0.3, -0.25) is 9.36 Å². The molecule has 0 saturated carbocycles. The van der Waals surface area contributed by atoms with E-state index in [0.29, 0.717) is 22.7 Å². The summed E-state index contributed by atoms with van der Waals surface area (Å²) in [5, 5.41) is 0. The highest BCUT2D eigenvalue weighted by atomic mass is 79.9. The summed E-state index contributed by atoms with van der Waals surface area (Å²) < 4.78 is 13.9. The number of aromatic nitrogens is 2. The van der Waals surface area contributed by atoms with Crippen molar-refractivity contribution in [3.8, 4) is 0 Å². The summed E-state index contributed by atoms with van der Waals surface area (Å²) >= 11 is 9.91. The Morgan fingerprint density at radius 2 is 2.06 bits per heavy atom. The lowest BCUT2D eigenvalue weighted by Crippen LogP contribution is -2.10. The molecule has 0 aliphatic rings. The molecule has 0 N–H and O–H groups in total. The molecule has 0 amide bonds. The summed E-state index contributed by atoms with van der Waals surface area (Å²) in [7, 11) is 0. The monoisotopic (exact) mass is 418 g/mol. The standard InChI is InChI=1S/C8H9Br3N2O3/c1-5(14)16-3-2-15-4-13-7(10)6(9)12-8(13)11/h2-4H2,1H3. The van der Waals surface area contributed by atoms with Gasteiger partial charge in [0, 0.05) is 6.92 Å². The van der Waals surface area contributed by atoms with Crippen LogP contribution in [0.1, 0.15) is 6.92 Å². The second-order valence-electron chi connectivity index (χ2n) is 2.77. The van der Waals surface area contributed by atoms with Crippen LogP contribution in [0.25, 0.3) is 0 Å². The summed E-state index contributed by atoms with van der Waals surface area (Å²) in [6.45, 7) is 2.27. The molecule has 5 nitrogen and oxygen atoms in total. The van der Waals surface area contributed by atoms with Crippen molar-refractivity contribution in [1.29, 1.82) is 0 Å². The zero-order chi connectivity index (χ0) is 12.1. The Labute approximate surface area is 118 Å². The highest BCUT2D eigenvalue weighted by Gasteiger charge is 2.10. The minimum Gasteiger partial charge on any atom is -0.463 e. The fourth-order valence-electron chi connectivity index (χ4n) is 0.890. The van der Waals surface area contributed by atoms with E-state index in [1.807, 2.05) is 0 Å². The summed E-state index contributed by atoms with van der Waals surface area (Å²) in [4.78, 5) is 14.6. The first-order chi connectivity index (χ1) is 7.52. The Hall–Kier alpha value is 0.0800. The van der Waals surface area contributed by atoms with Gasteiger partial charge in [-0.1, -0.05) is 0 Å². The van der Waals surface area contributed by atoms with Gasteiger partial charge in [-0.25, -0.2) is 4.98 Å². The van der Waals surface area contributed by atoms with Crippen molar-refractivity contribution in [2.75, 3.05) is 13.2 Å². The average molecular weight is 421 g/mol. The number of rotatable bonds is 5. The zero-order valence-electron chi connectivity index (χ0n) is 8.37. The van der Waals surface area contributed by atoms with Gasteiger partial charge in [-0.05, 0) is 47.8 Å². The van der Waals surface area contributed by atoms with Crippen LogP contribution in [0.5, 0.6) is 0 Å². The number of carbonyl (C=O) groups is 1. The van der Waals surface area contributed by atoms with Crippen molar-refractivity contribution < 1.29 is 14.3 Å². The average Bonchev–Trinajstić information content (AvgIpc) is 2.43. The number of imidazole rings is 1. The Balaban J connectivity index is 2.34. The smallest absolute Gasteiger partial charge is 0.302 e. The maximum Gasteiger partial charge on any atom is 0.302 e. The molecule has 0 bridgehead atoms. The number of ether oxygens (including phenoxy) is 2. The third-order valence-electron chi connectivity index (χ3n) is 1.57. The number of nitrogens with zero attached hydrogens (tertiary/aromatic N) is 2. The van der Waals surface area contributed by atoms with Crippen molar-refractivity contribution in [1.82, 2.24) is 9.55 Å². The highest BCUT2D eigenvalue weighted by molar-refractivity contribution is 9.13. The van der Waals surface area contributed by atoms with Crippen molar-refractivity contribution in [2.45, 2.75) is 13.7 Å². The van der Waals surface area contributed by atoms with E-state index in [1.54, 1.807) is 4.57 Å². The van der Waals surface area contributed by atoms with Crippen LogP contribution in [0, 0.1) is 0 Å². The first-order valence-electron chi connectivity index (χ1n) is 4.30. The van der Waals surface area contributed by atoms with Gasteiger partial charge in [0.15, 0.2) is 4.73 Å². The third-order valence-corrected chi connectivity index (χ3v) is 4.07. The number of hydrogen-bond donors (Lipinski definition) is 0. The van der Waals surface area contributed by atoms with E-state index >= 15 is 0 Å². The molecule has 0 aliphatic carbocycles. The van der Waals surface area contributed by atoms with Crippen LogP contribution in [0.4, 0.5) is 0 Å². The molecule has 1 heterocycles. The second-order valence-corrected chi connectivity index (χ2v) is 4.98. The van der Waals surface area contributed by atoms with Gasteiger partial charge in [0.25, 0.3) is 0 Å². The van der Waals surface area contributed by atoms with Crippen LogP contribution in [0.15, 0.2) is 13.9 Å². The molecule has 16 heavy (non-hydrogen) atoms. The fourth-order valence-corrected chi connectivity index (χ4v) is 2.56. The predicted molar refractivity (Wildman–Crippen MR) is 67.9 cm³/mol. The van der Waals surface area contributed by atoms with Crippen LogP contribution in [0.2, 0.25) is 0 Å². The van der Waals surface area contributed by atoms with Gasteiger partial charge < -0.3 is 9.47 Å². The maximum atomic E-state index is 10.5. The van der Waals surface area contributed by atoms with Crippen LogP contribution in [0.3, 0.4) is 0 Å². The number of esters is 1. The van der Waals surface area contributed by atoms with E-state index in [0.717, 1.165) is 4.60 Å². The van der Waals surface area contributed by atoms with Crippen LogP contribution in [-0.4, -0.2) is 28.7 Å². The van der Waals surface area contributed by atoms with Gasteiger partial charge in [-0.2, -0.15) is 0 Å². The van der Waals surface area contributed by atoms with E-state index in [2.05, 4.69) is 52.8 Å². The van der Waals surface area contributed by atoms with Gasteiger partial charge in [-0.15, -0.1) is 0 Å². The zero-order valence-corrected chi connectivity index (χ0v) is 13.1. The first-order valence-corrected chi connectivity index (χ1v) is 6.68. The summed E-state index contributed by atoms with van der Waals surface area (Å²) in [6.07, 6.45) is 0. The molecule has 0 aromatic carbocycles. The molecule has 0 radical (unpaired) electrons. The third kappa shape index (κ3) is 4.15. The van der Waals surface area contributed by atoms with E-state index in [1.165, 1.54) is 6.92 Å². The molecule has 1 aromatic rings. The minimum absolute atomic E-state index is 0.250. The molecular formula is C8H9Br3N2O3. The van der Waals surface area contributed by atoms with Gasteiger partial charge in [0.05, 0.1) is 6.61 Å². The van der Waals surface area contributed by atoms with Crippen molar-refractivity contribution in [3.63, 3.8) is 0 Å². The molecular weight excluding hydrogens is 412 g/mol. The van der Waals surface area contributed by atoms with Gasteiger partial charge in [0.2, 0.25) is 0 Å². The van der Waals surface area contributed by atoms with Crippen LogP contribution < -0.4 is 0 Å². The summed E-state index contributed by atoms with van der Waals surface area (Å²) in [6, 6.07) is 0. The Morgan fingerprint density at radius 3 is 2.56 bits per heavy atom. The lowest BCUT2D eigenvalue weighted by atomic mass is 10.7. The lowest BCUT2D eigenvalue weighted by molar-refractivity contribution is -0.142. The molecule has 1 aromatic heterocycles. The number of carbonyl (C=O) groups excluding carboxylic acids is 1. The molecule has 0 spiro atoms. The minimum atomic E-state index is -0.309. The predicted octanol–water partition coefficient (Wildman–Crippen LogP) is 2.71. The largest absolute Gasteiger partial charge is 0.463 e. The molecule has 0 fully saturated rings. The molecule has 1 rings (SSSR count). The molecule has 0 atom stereocenters. The van der Waals surface area contributed by atoms with E-state index in [-0.39, 0.29) is 12.6 Å². The van der Waals surface area contributed by atoms with Crippen molar-refractivity contribution >= 4 is 53.8 Å². The highest BCUT2D eigenvalue weighted by Crippen LogP contribution is 2.26. The van der Waals surface area contributed by atoms with Crippen LogP contribution in [-0.2, 0) is 21.0 Å². The number of halogens is 3. The van der Waals surface area contributed by atoms with Crippen molar-refractivity contribution in [2.24, 2.45) is 0 Å². The maximum absolute atomic E-state index is 10.5. The van der Waals surface area contributed by atoms with Crippen molar-refractivity contribution in [3.05, 3.63) is 13.9 Å². The lowest BCUT2D eigenvalue weighted by Gasteiger charge is -2.07. The topological polar surface area (TPSA) is 53.4 Å². The normalized spacial score (nSPS) is 10.5. The molecule has 0 unspecified atom stereocenters. The van der Waals surface area contributed by atoms with E-state index in [4.69, 9.17) is 9.47 Å². The SMILES string of the molecule is CC(=O)OCCOCn1c(Br)nc(Br)c1Br. The Morgan fingerprint density at radius 1 is 1.38 bits per heavy atom. The summed E-state index contributed by atoms with van der Waals surface area (Å²) in [5.74, 6) is -0.309. The second kappa shape index (κ2) is 6.73. The quantitative estimate of drug-likeness (QED) is 0.543. The van der Waals surface area contributed by atoms with Crippen LogP contribution >= 0.6 is 47.8 Å². The van der Waals surface area contributed by atoms with E-state index in [9.17, 15) is 4.79 Å². The molecule has 0 aliphatic heterocycles. The first kappa shape index (κ1) is 14.1. The van der Waals surface area contributed by atoms with Gasteiger partial charge in [0.1, 0.15) is 22.5 Å². The molecule has 90 valence electrons. The summed E-state index contributed by atoms with van der Waals surface area (Å²) in [5.41, 5.74) is 0. The fraction of sp³-hybridized carbons (Fsp3) is 0.500. The molecule has 0 saturated heterocycles. The van der Waals surface area contributed by atoms with E-state index < -0.39 is 0 Å².